The highest BCUT2D eigenvalue weighted by Gasteiger charge is 2.22. The van der Waals surface area contributed by atoms with Gasteiger partial charge in [0, 0.05) is 15.5 Å². The smallest absolute Gasteiger partial charge is 0.161 e. The summed E-state index contributed by atoms with van der Waals surface area (Å²) >= 11 is 9.53. The number of hydrogen-bond donors (Lipinski definition) is 1. The standard InChI is InChI=1S/C14H17BrClN3O/c1-8(2)19-14(12(20-3)7-18-19)13(17)9-4-10(15)6-11(16)5-9/h4-8,13H,17H2,1-3H3. The molecule has 1 aromatic heterocycles. The normalized spacial score (nSPS) is 12.8. The maximum Gasteiger partial charge on any atom is 0.161 e. The first-order valence-corrected chi connectivity index (χ1v) is 7.44. The molecule has 6 heteroatoms. The maximum atomic E-state index is 6.39. The van der Waals surface area contributed by atoms with Gasteiger partial charge < -0.3 is 10.5 Å². The number of nitrogens with zero attached hydrogens (tertiary/aromatic N) is 2. The number of hydrogen-bond acceptors (Lipinski definition) is 3. The van der Waals surface area contributed by atoms with Crippen molar-refractivity contribution in [2.75, 3.05) is 7.11 Å². The lowest BCUT2D eigenvalue weighted by Crippen LogP contribution is -2.19. The molecule has 0 saturated carbocycles. The highest BCUT2D eigenvalue weighted by Crippen LogP contribution is 2.32. The van der Waals surface area contributed by atoms with Gasteiger partial charge in [0.05, 0.1) is 19.3 Å². The third kappa shape index (κ3) is 3.00. The van der Waals surface area contributed by atoms with Crippen LogP contribution < -0.4 is 10.5 Å². The van der Waals surface area contributed by atoms with Crippen LogP contribution in [0.5, 0.6) is 5.75 Å². The average Bonchev–Trinajstić information content (AvgIpc) is 2.80. The van der Waals surface area contributed by atoms with Gasteiger partial charge in [0.15, 0.2) is 5.75 Å². The van der Waals surface area contributed by atoms with Gasteiger partial charge in [-0.3, -0.25) is 4.68 Å². The van der Waals surface area contributed by atoms with Gasteiger partial charge in [-0.25, -0.2) is 0 Å². The van der Waals surface area contributed by atoms with E-state index in [0.29, 0.717) is 10.8 Å². The topological polar surface area (TPSA) is 53.1 Å². The van der Waals surface area contributed by atoms with Crippen LogP contribution in [0.2, 0.25) is 5.02 Å². The Morgan fingerprint density at radius 1 is 1.35 bits per heavy atom. The van der Waals surface area contributed by atoms with Gasteiger partial charge in [0.2, 0.25) is 0 Å². The van der Waals surface area contributed by atoms with E-state index < -0.39 is 0 Å². The summed E-state index contributed by atoms with van der Waals surface area (Å²) in [6, 6.07) is 5.48. The fourth-order valence-corrected chi connectivity index (χ4v) is 3.02. The van der Waals surface area contributed by atoms with Gasteiger partial charge in [0.25, 0.3) is 0 Å². The minimum Gasteiger partial charge on any atom is -0.493 e. The first-order valence-electron chi connectivity index (χ1n) is 6.27. The molecule has 2 rings (SSSR count). The molecule has 0 aliphatic carbocycles. The van der Waals surface area contributed by atoms with Crippen LogP contribution in [0.4, 0.5) is 0 Å². The molecule has 1 aromatic carbocycles. The van der Waals surface area contributed by atoms with Crippen molar-refractivity contribution in [3.8, 4) is 5.75 Å². The fraction of sp³-hybridized carbons (Fsp3) is 0.357. The van der Waals surface area contributed by atoms with Crippen LogP contribution in [0, 0.1) is 0 Å². The van der Waals surface area contributed by atoms with Crippen molar-refractivity contribution in [3.63, 3.8) is 0 Å². The molecule has 0 aliphatic heterocycles. The van der Waals surface area contributed by atoms with Gasteiger partial charge in [0.1, 0.15) is 5.69 Å². The molecule has 2 aromatic rings. The Kier molecular flexibility index (Phi) is 4.73. The predicted octanol–water partition coefficient (Wildman–Crippen LogP) is 3.94. The van der Waals surface area contributed by atoms with Crippen molar-refractivity contribution in [2.45, 2.75) is 25.9 Å². The van der Waals surface area contributed by atoms with E-state index in [-0.39, 0.29) is 12.1 Å². The Hall–Kier alpha value is -1.04. The number of benzene rings is 1. The maximum absolute atomic E-state index is 6.39. The van der Waals surface area contributed by atoms with Crippen molar-refractivity contribution >= 4 is 27.5 Å². The SMILES string of the molecule is COc1cnn(C(C)C)c1C(N)c1cc(Cl)cc(Br)c1. The lowest BCUT2D eigenvalue weighted by Gasteiger charge is -2.18. The van der Waals surface area contributed by atoms with Gasteiger partial charge >= 0.3 is 0 Å². The molecule has 0 saturated heterocycles. The largest absolute Gasteiger partial charge is 0.493 e. The summed E-state index contributed by atoms with van der Waals surface area (Å²) in [5.41, 5.74) is 8.14. The lowest BCUT2D eigenvalue weighted by molar-refractivity contribution is 0.401. The van der Waals surface area contributed by atoms with Gasteiger partial charge in [-0.05, 0) is 37.6 Å². The van der Waals surface area contributed by atoms with E-state index in [1.807, 2.05) is 22.9 Å². The molecule has 2 N–H and O–H groups in total. The molecule has 1 atom stereocenters. The van der Waals surface area contributed by atoms with Crippen molar-refractivity contribution in [3.05, 3.63) is 45.1 Å². The zero-order valence-electron chi connectivity index (χ0n) is 11.6. The lowest BCUT2D eigenvalue weighted by atomic mass is 10.0. The number of aromatic nitrogens is 2. The highest BCUT2D eigenvalue weighted by atomic mass is 79.9. The number of ether oxygens (including phenoxy) is 1. The van der Waals surface area contributed by atoms with Gasteiger partial charge in [-0.1, -0.05) is 27.5 Å². The number of rotatable bonds is 4. The van der Waals surface area contributed by atoms with E-state index in [2.05, 4.69) is 34.9 Å². The van der Waals surface area contributed by atoms with E-state index in [4.69, 9.17) is 22.1 Å². The zero-order valence-corrected chi connectivity index (χ0v) is 13.9. The van der Waals surface area contributed by atoms with Crippen LogP contribution in [-0.4, -0.2) is 16.9 Å². The molecule has 0 spiro atoms. The van der Waals surface area contributed by atoms with Crippen LogP contribution in [0.1, 0.15) is 37.2 Å². The van der Waals surface area contributed by atoms with E-state index in [1.165, 1.54) is 0 Å². The minimum atomic E-state index is -0.357. The summed E-state index contributed by atoms with van der Waals surface area (Å²) < 4.78 is 8.14. The van der Waals surface area contributed by atoms with Gasteiger partial charge in [-0.15, -0.1) is 0 Å². The molecule has 20 heavy (non-hydrogen) atoms. The quantitative estimate of drug-likeness (QED) is 0.900. The Morgan fingerprint density at radius 3 is 2.60 bits per heavy atom. The molecule has 0 aliphatic rings. The van der Waals surface area contributed by atoms with Crippen molar-refractivity contribution < 1.29 is 4.74 Å². The Bertz CT molecular complexity index is 592. The second-order valence-electron chi connectivity index (χ2n) is 4.82. The zero-order chi connectivity index (χ0) is 14.9. The van der Waals surface area contributed by atoms with Crippen molar-refractivity contribution in [1.29, 1.82) is 0 Å². The Balaban J connectivity index is 2.51. The number of nitrogens with two attached hydrogens (primary N) is 1. The third-order valence-corrected chi connectivity index (χ3v) is 3.72. The summed E-state index contributed by atoms with van der Waals surface area (Å²) in [4.78, 5) is 0. The van der Waals surface area contributed by atoms with E-state index in [0.717, 1.165) is 15.7 Å². The molecule has 0 bridgehead atoms. The third-order valence-electron chi connectivity index (χ3n) is 3.05. The minimum absolute atomic E-state index is 0.197. The first-order chi connectivity index (χ1) is 9.43. The fourth-order valence-electron chi connectivity index (χ4n) is 2.13. The summed E-state index contributed by atoms with van der Waals surface area (Å²) in [6.45, 7) is 4.10. The molecule has 1 heterocycles. The predicted molar refractivity (Wildman–Crippen MR) is 84.3 cm³/mol. The van der Waals surface area contributed by atoms with Crippen LogP contribution in [-0.2, 0) is 0 Å². The molecule has 0 fully saturated rings. The number of halogens is 2. The van der Waals surface area contributed by atoms with Crippen molar-refractivity contribution in [1.82, 2.24) is 9.78 Å². The number of methoxy groups -OCH3 is 1. The molecular weight excluding hydrogens is 342 g/mol. The molecule has 108 valence electrons. The monoisotopic (exact) mass is 357 g/mol. The van der Waals surface area contributed by atoms with Gasteiger partial charge in [-0.2, -0.15) is 5.10 Å². The Morgan fingerprint density at radius 2 is 2.05 bits per heavy atom. The summed E-state index contributed by atoms with van der Waals surface area (Å²) in [6.07, 6.45) is 1.69. The van der Waals surface area contributed by atoms with Crippen molar-refractivity contribution in [2.24, 2.45) is 5.73 Å². The second-order valence-corrected chi connectivity index (χ2v) is 6.17. The Labute approximate surface area is 132 Å². The summed E-state index contributed by atoms with van der Waals surface area (Å²) in [5.74, 6) is 0.683. The van der Waals surface area contributed by atoms with E-state index in [1.54, 1.807) is 13.3 Å². The van der Waals surface area contributed by atoms with Crippen LogP contribution in [0.15, 0.2) is 28.9 Å². The molecule has 1 unspecified atom stereocenters. The molecule has 4 nitrogen and oxygen atoms in total. The second kappa shape index (κ2) is 6.16. The van der Waals surface area contributed by atoms with E-state index >= 15 is 0 Å². The summed E-state index contributed by atoms with van der Waals surface area (Å²) in [5, 5.41) is 4.98. The average molecular weight is 359 g/mol. The molecular formula is C14H17BrClN3O. The van der Waals surface area contributed by atoms with Crippen LogP contribution in [0.3, 0.4) is 0 Å². The molecule has 0 radical (unpaired) electrons. The van der Waals surface area contributed by atoms with Crippen LogP contribution in [0.25, 0.3) is 0 Å². The first kappa shape index (κ1) is 15.4. The van der Waals surface area contributed by atoms with E-state index in [9.17, 15) is 0 Å². The molecule has 0 amide bonds. The van der Waals surface area contributed by atoms with Crippen LogP contribution >= 0.6 is 27.5 Å². The summed E-state index contributed by atoms with van der Waals surface area (Å²) in [7, 11) is 1.62. The highest BCUT2D eigenvalue weighted by molar-refractivity contribution is 9.10.